The van der Waals surface area contributed by atoms with Crippen molar-refractivity contribution < 1.29 is 10.4 Å². The minimum atomic E-state index is 0.253. The second-order valence-corrected chi connectivity index (χ2v) is 6.36. The largest absolute Gasteiger partial charge is 0.411 e. The molecule has 0 bridgehead atoms. The molecule has 0 amide bonds. The Labute approximate surface area is 146 Å². The third kappa shape index (κ3) is 8.70. The lowest BCUT2D eigenvalue weighted by Crippen LogP contribution is -2.02. The Bertz CT molecular complexity index is 481. The zero-order valence-electron chi connectivity index (χ0n) is 15.0. The molecule has 0 aliphatic carbocycles. The third-order valence-corrected chi connectivity index (χ3v) is 4.36. The third-order valence-electron chi connectivity index (χ3n) is 4.36. The van der Waals surface area contributed by atoms with Crippen molar-refractivity contribution >= 4 is 11.9 Å². The topological polar surface area (TPSA) is 65.2 Å². The number of hydrogen-bond donors (Lipinski definition) is 2. The van der Waals surface area contributed by atoms with Crippen LogP contribution in [0.5, 0.6) is 0 Å². The van der Waals surface area contributed by atoms with Crippen molar-refractivity contribution in [2.45, 2.75) is 77.6 Å². The summed E-state index contributed by atoms with van der Waals surface area (Å²) in [4.78, 5) is 0. The number of oxime groups is 2. The molecule has 1 rings (SSSR count). The first-order chi connectivity index (χ1) is 11.8. The van der Waals surface area contributed by atoms with Gasteiger partial charge in [0.2, 0.25) is 0 Å². The van der Waals surface area contributed by atoms with Crippen LogP contribution in [0.3, 0.4) is 0 Å². The SMILES string of the molecule is CCCCCCCCCCCCc1ccc(C(C=NO)=NO)cc1. The Balaban J connectivity index is 2.13. The zero-order valence-corrected chi connectivity index (χ0v) is 15.0. The van der Waals surface area contributed by atoms with Crippen molar-refractivity contribution in [2.24, 2.45) is 10.3 Å². The quantitative estimate of drug-likeness (QED) is 0.208. The van der Waals surface area contributed by atoms with Crippen LogP contribution >= 0.6 is 0 Å². The molecule has 134 valence electrons. The van der Waals surface area contributed by atoms with E-state index in [1.165, 1.54) is 69.8 Å². The van der Waals surface area contributed by atoms with Crippen LogP contribution in [0.4, 0.5) is 0 Å². The van der Waals surface area contributed by atoms with Gasteiger partial charge in [0.05, 0.1) is 6.21 Å². The molecule has 0 atom stereocenters. The molecule has 0 aliphatic rings. The Morgan fingerprint density at radius 1 is 0.833 bits per heavy atom. The summed E-state index contributed by atoms with van der Waals surface area (Å²) < 4.78 is 0. The highest BCUT2D eigenvalue weighted by molar-refractivity contribution is 6.37. The lowest BCUT2D eigenvalue weighted by molar-refractivity contribution is 0.316. The van der Waals surface area contributed by atoms with Gasteiger partial charge in [-0.1, -0.05) is 99.3 Å². The van der Waals surface area contributed by atoms with Gasteiger partial charge in [0.25, 0.3) is 0 Å². The highest BCUT2D eigenvalue weighted by Crippen LogP contribution is 2.13. The van der Waals surface area contributed by atoms with E-state index in [-0.39, 0.29) is 5.71 Å². The number of nitrogens with zero attached hydrogens (tertiary/aromatic N) is 2. The summed E-state index contributed by atoms with van der Waals surface area (Å²) in [5, 5.41) is 23.4. The van der Waals surface area contributed by atoms with E-state index in [9.17, 15) is 0 Å². The Morgan fingerprint density at radius 2 is 1.38 bits per heavy atom. The molecule has 0 saturated heterocycles. The average molecular weight is 332 g/mol. The molecule has 0 heterocycles. The number of aryl methyl sites for hydroxylation is 1. The maximum atomic E-state index is 8.87. The molecule has 0 aliphatic heterocycles. The van der Waals surface area contributed by atoms with Crippen molar-refractivity contribution in [1.82, 2.24) is 0 Å². The van der Waals surface area contributed by atoms with Gasteiger partial charge in [0.15, 0.2) is 0 Å². The fourth-order valence-electron chi connectivity index (χ4n) is 2.87. The Morgan fingerprint density at radius 3 is 1.88 bits per heavy atom. The van der Waals surface area contributed by atoms with Crippen molar-refractivity contribution in [2.75, 3.05) is 0 Å². The van der Waals surface area contributed by atoms with Crippen molar-refractivity contribution in [1.29, 1.82) is 0 Å². The normalized spacial score (nSPS) is 12.1. The summed E-state index contributed by atoms with van der Waals surface area (Å²) in [5.41, 5.74) is 2.28. The summed E-state index contributed by atoms with van der Waals surface area (Å²) in [6.07, 6.45) is 15.7. The maximum Gasteiger partial charge on any atom is 0.131 e. The van der Waals surface area contributed by atoms with Crippen LogP contribution < -0.4 is 0 Å². The highest BCUT2D eigenvalue weighted by atomic mass is 16.4. The molecular weight excluding hydrogens is 300 g/mol. The average Bonchev–Trinajstić information content (AvgIpc) is 2.62. The second-order valence-electron chi connectivity index (χ2n) is 6.36. The second kappa shape index (κ2) is 13.6. The summed E-state index contributed by atoms with van der Waals surface area (Å²) in [6, 6.07) is 7.86. The fraction of sp³-hybridized carbons (Fsp3) is 0.600. The smallest absolute Gasteiger partial charge is 0.131 e. The number of unbranched alkanes of at least 4 members (excludes halogenated alkanes) is 9. The summed E-state index contributed by atoms with van der Waals surface area (Å²) >= 11 is 0. The van der Waals surface area contributed by atoms with E-state index < -0.39 is 0 Å². The molecular formula is C20H32N2O2. The van der Waals surface area contributed by atoms with Crippen LogP contribution in [0.1, 0.15) is 82.3 Å². The monoisotopic (exact) mass is 332 g/mol. The predicted octanol–water partition coefficient (Wildman–Crippen LogP) is 5.79. The Hall–Kier alpha value is -1.84. The first-order valence-electron chi connectivity index (χ1n) is 9.30. The molecule has 0 fully saturated rings. The Kier molecular flexibility index (Phi) is 11.4. The van der Waals surface area contributed by atoms with E-state index in [1.54, 1.807) is 0 Å². The van der Waals surface area contributed by atoms with E-state index in [2.05, 4.69) is 17.2 Å². The van der Waals surface area contributed by atoms with Crippen LogP contribution in [0.25, 0.3) is 0 Å². The van der Waals surface area contributed by atoms with Crippen molar-refractivity contribution in [3.63, 3.8) is 0 Å². The van der Waals surface area contributed by atoms with Gasteiger partial charge >= 0.3 is 0 Å². The minimum Gasteiger partial charge on any atom is -0.411 e. The summed E-state index contributed by atoms with van der Waals surface area (Å²) in [5.74, 6) is 0. The van der Waals surface area contributed by atoms with Crippen LogP contribution in [0.2, 0.25) is 0 Å². The standard InChI is InChI=1S/C20H32N2O2/c1-2-3-4-5-6-7-8-9-10-11-12-18-13-15-19(16-14-18)20(22-24)17-21-23/h13-17,23-24H,2-12H2,1H3. The maximum absolute atomic E-state index is 8.87. The van der Waals surface area contributed by atoms with Gasteiger partial charge in [0.1, 0.15) is 5.71 Å². The zero-order chi connectivity index (χ0) is 17.5. The lowest BCUT2D eigenvalue weighted by atomic mass is 10.0. The molecule has 1 aromatic carbocycles. The van der Waals surface area contributed by atoms with Gasteiger partial charge in [-0.05, 0) is 18.4 Å². The van der Waals surface area contributed by atoms with Crippen molar-refractivity contribution in [3.8, 4) is 0 Å². The molecule has 4 nitrogen and oxygen atoms in total. The first-order valence-corrected chi connectivity index (χ1v) is 9.30. The van der Waals surface area contributed by atoms with E-state index in [4.69, 9.17) is 10.4 Å². The van der Waals surface area contributed by atoms with Crippen molar-refractivity contribution in [3.05, 3.63) is 35.4 Å². The van der Waals surface area contributed by atoms with Gasteiger partial charge in [-0.25, -0.2) is 0 Å². The van der Waals surface area contributed by atoms with E-state index in [1.807, 2.05) is 24.3 Å². The molecule has 24 heavy (non-hydrogen) atoms. The van der Waals surface area contributed by atoms with Gasteiger partial charge < -0.3 is 10.4 Å². The van der Waals surface area contributed by atoms with Gasteiger partial charge in [-0.2, -0.15) is 0 Å². The number of hydrogen-bond acceptors (Lipinski definition) is 4. The van der Waals surface area contributed by atoms with Gasteiger partial charge in [-0.15, -0.1) is 0 Å². The molecule has 4 heteroatoms. The van der Waals surface area contributed by atoms with Crippen LogP contribution in [0.15, 0.2) is 34.6 Å². The van der Waals surface area contributed by atoms with Crippen LogP contribution in [0, 0.1) is 0 Å². The lowest BCUT2D eigenvalue weighted by Gasteiger charge is -2.04. The van der Waals surface area contributed by atoms with Crippen LogP contribution in [-0.4, -0.2) is 22.3 Å². The van der Waals surface area contributed by atoms with Gasteiger partial charge in [-0.3, -0.25) is 0 Å². The van der Waals surface area contributed by atoms with E-state index in [0.717, 1.165) is 18.2 Å². The van der Waals surface area contributed by atoms with Crippen LogP contribution in [-0.2, 0) is 6.42 Å². The molecule has 0 saturated carbocycles. The summed E-state index contributed by atoms with van der Waals surface area (Å²) in [6.45, 7) is 2.26. The van der Waals surface area contributed by atoms with E-state index in [0.29, 0.717) is 0 Å². The van der Waals surface area contributed by atoms with E-state index >= 15 is 0 Å². The molecule has 0 unspecified atom stereocenters. The predicted molar refractivity (Wildman–Crippen MR) is 101 cm³/mol. The first kappa shape index (κ1) is 20.2. The fourth-order valence-corrected chi connectivity index (χ4v) is 2.87. The molecule has 0 spiro atoms. The molecule has 0 radical (unpaired) electrons. The summed E-state index contributed by atoms with van der Waals surface area (Å²) in [7, 11) is 0. The number of rotatable bonds is 13. The molecule has 1 aromatic rings. The number of benzene rings is 1. The molecule has 0 aromatic heterocycles. The van der Waals surface area contributed by atoms with Gasteiger partial charge in [0, 0.05) is 5.56 Å². The minimum absolute atomic E-state index is 0.253. The highest BCUT2D eigenvalue weighted by Gasteiger charge is 2.02. The molecule has 2 N–H and O–H groups in total.